The van der Waals surface area contributed by atoms with E-state index in [4.69, 9.17) is 0 Å². The van der Waals surface area contributed by atoms with Crippen LogP contribution in [-0.4, -0.2) is 83.6 Å². The van der Waals surface area contributed by atoms with Gasteiger partial charge < -0.3 is 20.0 Å². The lowest BCUT2D eigenvalue weighted by molar-refractivity contribution is -0.137. The Morgan fingerprint density at radius 3 is 2.39 bits per heavy atom. The van der Waals surface area contributed by atoms with Crippen LogP contribution in [0.25, 0.3) is 0 Å². The van der Waals surface area contributed by atoms with Gasteiger partial charge in [0.2, 0.25) is 17.7 Å². The summed E-state index contributed by atoms with van der Waals surface area (Å²) in [6.07, 6.45) is 3.39. The average Bonchev–Trinajstić information content (AvgIpc) is 3.62. The Kier molecular flexibility index (Phi) is 8.94. The first-order chi connectivity index (χ1) is 20.9. The van der Waals surface area contributed by atoms with E-state index in [0.29, 0.717) is 44.0 Å². The van der Waals surface area contributed by atoms with Crippen LogP contribution < -0.4 is 15.5 Å². The molecule has 5 aliphatic heterocycles. The molecule has 10 nitrogen and oxygen atoms in total. The quantitative estimate of drug-likeness (QED) is 0.478. The number of benzene rings is 2. The van der Waals surface area contributed by atoms with Crippen LogP contribution in [0.5, 0.6) is 0 Å². The van der Waals surface area contributed by atoms with Crippen LogP contribution in [0, 0.1) is 5.92 Å². The fourth-order valence-electron chi connectivity index (χ4n) is 7.40. The summed E-state index contributed by atoms with van der Waals surface area (Å²) in [5, 5.41) is 5.78. The molecule has 44 heavy (non-hydrogen) atoms. The second-order valence-corrected chi connectivity index (χ2v) is 12.7. The molecule has 7 rings (SSSR count). The van der Waals surface area contributed by atoms with Crippen molar-refractivity contribution in [3.63, 3.8) is 0 Å². The highest BCUT2D eigenvalue weighted by atomic mass is 35.5. The maximum atomic E-state index is 13.2. The standard InChI is InChI=1S/C33H40N6O4.ClH/c40-30-6-5-29(32(42)35-30)39-21-26-17-27(3-4-28(26)33(39)43)37-11-13-38(14-12-37)31(41)16-22-7-9-36(10-8-22)20-23-1-2-24-18-34-19-25(24)15-23;/h1-4,15,17,22,29,34H,5-14,16,18-21H2,(H,35,40,42);1H. The van der Waals surface area contributed by atoms with E-state index in [1.54, 1.807) is 4.90 Å². The van der Waals surface area contributed by atoms with Crippen molar-refractivity contribution < 1.29 is 19.2 Å². The molecule has 11 heteroatoms. The Hall–Kier alpha value is -3.47. The highest BCUT2D eigenvalue weighted by Crippen LogP contribution is 2.31. The number of piperidine rings is 2. The summed E-state index contributed by atoms with van der Waals surface area (Å²) in [5.41, 5.74) is 6.81. The smallest absolute Gasteiger partial charge is 0.255 e. The third kappa shape index (κ3) is 6.20. The zero-order valence-corrected chi connectivity index (χ0v) is 25.9. The van der Waals surface area contributed by atoms with E-state index < -0.39 is 11.9 Å². The number of carbonyl (C=O) groups excluding carboxylic acids is 4. The number of likely N-dealkylation sites (tertiary alicyclic amines) is 1. The third-order valence-electron chi connectivity index (χ3n) is 9.98. The molecular formula is C33H41ClN6O4. The highest BCUT2D eigenvalue weighted by Gasteiger charge is 2.39. The normalized spacial score (nSPS) is 22.5. The minimum atomic E-state index is -0.606. The van der Waals surface area contributed by atoms with Gasteiger partial charge in [-0.05, 0) is 78.7 Å². The monoisotopic (exact) mass is 620 g/mol. The third-order valence-corrected chi connectivity index (χ3v) is 9.98. The van der Waals surface area contributed by atoms with Crippen molar-refractivity contribution in [2.75, 3.05) is 44.2 Å². The molecule has 2 aromatic carbocycles. The van der Waals surface area contributed by atoms with E-state index in [1.807, 2.05) is 23.1 Å². The fourth-order valence-corrected chi connectivity index (χ4v) is 7.40. The summed E-state index contributed by atoms with van der Waals surface area (Å²) >= 11 is 0. The van der Waals surface area contributed by atoms with Gasteiger partial charge in [0, 0.05) is 76.5 Å². The molecule has 2 N–H and O–H groups in total. The first kappa shape index (κ1) is 30.6. The van der Waals surface area contributed by atoms with Crippen LogP contribution in [0.3, 0.4) is 0 Å². The lowest BCUT2D eigenvalue weighted by Gasteiger charge is -2.37. The summed E-state index contributed by atoms with van der Waals surface area (Å²) in [4.78, 5) is 58.5. The van der Waals surface area contributed by atoms with Crippen LogP contribution in [0.15, 0.2) is 36.4 Å². The molecule has 0 spiro atoms. The topological polar surface area (TPSA) is 105 Å². The number of hydrogen-bond acceptors (Lipinski definition) is 7. The Morgan fingerprint density at radius 2 is 1.61 bits per heavy atom. The summed E-state index contributed by atoms with van der Waals surface area (Å²) in [6.45, 7) is 8.30. The predicted molar refractivity (Wildman–Crippen MR) is 168 cm³/mol. The number of amides is 4. The number of imide groups is 1. The SMILES string of the molecule is Cl.O=C1CCC(N2Cc3cc(N4CCN(C(=O)CC5CCN(Cc6ccc7c(c6)CNC7)CC5)CC4)ccc3C2=O)C(=O)N1. The molecule has 1 unspecified atom stereocenters. The highest BCUT2D eigenvalue weighted by molar-refractivity contribution is 6.05. The first-order valence-electron chi connectivity index (χ1n) is 15.8. The van der Waals surface area contributed by atoms with E-state index in [-0.39, 0.29) is 36.5 Å². The van der Waals surface area contributed by atoms with Crippen LogP contribution in [0.4, 0.5) is 5.69 Å². The molecule has 3 saturated heterocycles. The van der Waals surface area contributed by atoms with Crippen molar-refractivity contribution in [2.24, 2.45) is 5.92 Å². The number of halogens is 1. The first-order valence-corrected chi connectivity index (χ1v) is 15.8. The van der Waals surface area contributed by atoms with Gasteiger partial charge in [0.15, 0.2) is 0 Å². The molecule has 5 heterocycles. The molecule has 0 aliphatic carbocycles. The molecular weight excluding hydrogens is 580 g/mol. The van der Waals surface area contributed by atoms with E-state index in [0.717, 1.165) is 69.9 Å². The van der Waals surface area contributed by atoms with Crippen molar-refractivity contribution in [3.8, 4) is 0 Å². The number of rotatable bonds is 6. The molecule has 0 radical (unpaired) electrons. The molecule has 0 saturated carbocycles. The van der Waals surface area contributed by atoms with Gasteiger partial charge in [-0.2, -0.15) is 0 Å². The van der Waals surface area contributed by atoms with Crippen molar-refractivity contribution in [1.29, 1.82) is 0 Å². The molecule has 1 atom stereocenters. The summed E-state index contributed by atoms with van der Waals surface area (Å²) in [7, 11) is 0. The molecule has 0 aromatic heterocycles. The van der Waals surface area contributed by atoms with Crippen molar-refractivity contribution >= 4 is 41.7 Å². The van der Waals surface area contributed by atoms with Gasteiger partial charge in [-0.1, -0.05) is 18.2 Å². The fraction of sp³-hybridized carbons (Fsp3) is 0.515. The average molecular weight is 621 g/mol. The number of nitrogens with one attached hydrogen (secondary N) is 2. The summed E-state index contributed by atoms with van der Waals surface area (Å²) in [5.74, 6) is -0.110. The zero-order chi connectivity index (χ0) is 29.5. The Balaban J connectivity index is 0.00000343. The van der Waals surface area contributed by atoms with Crippen molar-refractivity contribution in [1.82, 2.24) is 25.3 Å². The van der Waals surface area contributed by atoms with Gasteiger partial charge in [0.25, 0.3) is 5.91 Å². The van der Waals surface area contributed by atoms with E-state index in [9.17, 15) is 19.2 Å². The van der Waals surface area contributed by atoms with E-state index in [2.05, 4.69) is 38.6 Å². The molecule has 4 amide bonds. The van der Waals surface area contributed by atoms with Gasteiger partial charge in [0.1, 0.15) is 6.04 Å². The maximum absolute atomic E-state index is 13.2. The molecule has 234 valence electrons. The summed E-state index contributed by atoms with van der Waals surface area (Å²) < 4.78 is 0. The van der Waals surface area contributed by atoms with Gasteiger partial charge in [-0.3, -0.25) is 29.4 Å². The Labute approximate surface area is 264 Å². The van der Waals surface area contributed by atoms with Crippen LogP contribution in [-0.2, 0) is 40.6 Å². The number of piperazine rings is 1. The minimum Gasteiger partial charge on any atom is -0.368 e. The van der Waals surface area contributed by atoms with Crippen LogP contribution in [0.1, 0.15) is 64.7 Å². The van der Waals surface area contributed by atoms with Gasteiger partial charge in [-0.25, -0.2) is 0 Å². The van der Waals surface area contributed by atoms with Gasteiger partial charge in [0.05, 0.1) is 0 Å². The maximum Gasteiger partial charge on any atom is 0.255 e. The Morgan fingerprint density at radius 1 is 0.841 bits per heavy atom. The Bertz CT molecular complexity index is 1450. The number of anilines is 1. The van der Waals surface area contributed by atoms with Gasteiger partial charge in [-0.15, -0.1) is 12.4 Å². The zero-order valence-electron chi connectivity index (χ0n) is 25.1. The number of hydrogen-bond donors (Lipinski definition) is 2. The predicted octanol–water partition coefficient (Wildman–Crippen LogP) is 2.42. The molecule has 3 fully saturated rings. The number of carbonyl (C=O) groups is 4. The minimum absolute atomic E-state index is 0. The largest absolute Gasteiger partial charge is 0.368 e. The van der Waals surface area contributed by atoms with Crippen LogP contribution >= 0.6 is 12.4 Å². The number of fused-ring (bicyclic) bond motifs is 2. The lowest BCUT2D eigenvalue weighted by Crippen LogP contribution is -2.52. The van der Waals surface area contributed by atoms with Crippen LogP contribution in [0.2, 0.25) is 0 Å². The molecule has 2 aromatic rings. The van der Waals surface area contributed by atoms with Crippen molar-refractivity contribution in [3.05, 3.63) is 64.2 Å². The second-order valence-electron chi connectivity index (χ2n) is 12.7. The number of nitrogens with zero attached hydrogens (tertiary/aromatic N) is 4. The molecule has 5 aliphatic rings. The summed E-state index contributed by atoms with van der Waals surface area (Å²) in [6, 6.07) is 12.1. The lowest BCUT2D eigenvalue weighted by atomic mass is 9.92. The van der Waals surface area contributed by atoms with Crippen molar-refractivity contribution in [2.45, 2.75) is 64.3 Å². The molecule has 0 bridgehead atoms. The van der Waals surface area contributed by atoms with Gasteiger partial charge >= 0.3 is 0 Å². The second kappa shape index (κ2) is 12.9. The van der Waals surface area contributed by atoms with E-state index in [1.165, 1.54) is 16.7 Å². The van der Waals surface area contributed by atoms with E-state index >= 15 is 0 Å².